The predicted molar refractivity (Wildman–Crippen MR) is 152 cm³/mol. The molecule has 1 unspecified atom stereocenters. The Kier molecular flexibility index (Phi) is 12.3. The Morgan fingerprint density at radius 2 is 1.85 bits per heavy atom. The number of pyridine rings is 1. The van der Waals surface area contributed by atoms with E-state index in [9.17, 15) is 18.0 Å². The molecule has 218 valence electrons. The largest absolute Gasteiger partial charge is 0.350 e. The Balaban J connectivity index is 1.83. The van der Waals surface area contributed by atoms with Gasteiger partial charge in [0.25, 0.3) is 0 Å². The lowest BCUT2D eigenvalue weighted by molar-refractivity contribution is -0.203. The highest BCUT2D eigenvalue weighted by molar-refractivity contribution is 7.88. The highest BCUT2D eigenvalue weighted by Crippen LogP contribution is 2.26. The lowest BCUT2D eigenvalue weighted by Crippen LogP contribution is -2.50. The molecule has 1 aromatic heterocycles. The quantitative estimate of drug-likeness (QED) is 0.330. The summed E-state index contributed by atoms with van der Waals surface area (Å²) in [5, 5.41) is 0. The molecular weight excluding hydrogens is 532 g/mol. The van der Waals surface area contributed by atoms with Gasteiger partial charge >= 0.3 is 0 Å². The third-order valence-electron chi connectivity index (χ3n) is 6.48. The van der Waals surface area contributed by atoms with Gasteiger partial charge < -0.3 is 4.74 Å². The first kappa shape index (κ1) is 31.4. The molecule has 0 radical (unpaired) electrons. The van der Waals surface area contributed by atoms with Crippen molar-refractivity contribution >= 4 is 27.9 Å². The van der Waals surface area contributed by atoms with Gasteiger partial charge in [0, 0.05) is 19.2 Å². The molecule has 0 bridgehead atoms. The number of sulfonamides is 1. The number of nitrogens with zero attached hydrogens (tertiary/aromatic N) is 2. The number of amides is 2. The second-order valence-electron chi connectivity index (χ2n) is 10.3. The maximum absolute atomic E-state index is 13.7. The maximum atomic E-state index is 13.7. The summed E-state index contributed by atoms with van der Waals surface area (Å²) in [4.78, 5) is 36.9. The van der Waals surface area contributed by atoms with E-state index in [1.807, 2.05) is 56.3 Å². The summed E-state index contributed by atoms with van der Waals surface area (Å²) in [6.07, 6.45) is 8.86. The zero-order chi connectivity index (χ0) is 29.0. The monoisotopic (exact) mass is 572 g/mol. The number of allylic oxidation sites excluding steroid dienone is 1. The van der Waals surface area contributed by atoms with Crippen LogP contribution < -0.4 is 10.9 Å². The molecule has 10 nitrogen and oxygen atoms in total. The van der Waals surface area contributed by atoms with Crippen LogP contribution in [-0.2, 0) is 35.7 Å². The van der Waals surface area contributed by atoms with E-state index in [1.54, 1.807) is 24.4 Å². The minimum atomic E-state index is -3.84. The number of nitrogens with one attached hydrogen (secondary N) is 2. The standard InChI is InChI=1S/C29H40N4O6S/c1-22(2)20-26(28(34)31-33(40(3,36)37)21-24-15-7-9-18-30-24)25(16-11-14-23-12-5-4-6-13-23)29(35)32-39-27-17-8-10-19-38-27/h4-7,9,11-15,18,22,25-27H,8,10,16-17,19-21H2,1-3H3,(H,31,34)(H,32,35)/t25-,26+,27?/m0/s1. The van der Waals surface area contributed by atoms with Crippen molar-refractivity contribution in [3.63, 3.8) is 0 Å². The highest BCUT2D eigenvalue weighted by Gasteiger charge is 2.36. The SMILES string of the molecule is CC(C)C[C@@H](C(=O)NN(Cc1ccccn1)S(C)(=O)=O)[C@H](CC=Cc1ccccc1)C(=O)NOC1CCCCO1. The van der Waals surface area contributed by atoms with Crippen molar-refractivity contribution in [1.29, 1.82) is 0 Å². The van der Waals surface area contributed by atoms with E-state index in [1.165, 1.54) is 0 Å². The van der Waals surface area contributed by atoms with Gasteiger partial charge in [-0.1, -0.05) is 62.4 Å². The van der Waals surface area contributed by atoms with Crippen molar-refractivity contribution in [2.75, 3.05) is 12.9 Å². The van der Waals surface area contributed by atoms with Crippen molar-refractivity contribution in [3.05, 3.63) is 72.1 Å². The molecule has 1 saturated heterocycles. The Labute approximate surface area is 237 Å². The van der Waals surface area contributed by atoms with E-state index in [-0.39, 0.29) is 18.9 Å². The number of ether oxygens (including phenoxy) is 1. The normalized spacial score (nSPS) is 17.6. The molecule has 1 aliphatic rings. The van der Waals surface area contributed by atoms with Crippen LogP contribution in [0.4, 0.5) is 0 Å². The Morgan fingerprint density at radius 1 is 1.10 bits per heavy atom. The number of carbonyl (C=O) groups excluding carboxylic acids is 2. The van der Waals surface area contributed by atoms with Crippen LogP contribution in [0.2, 0.25) is 0 Å². The lowest BCUT2D eigenvalue weighted by Gasteiger charge is -2.30. The number of benzene rings is 1. The minimum Gasteiger partial charge on any atom is -0.350 e. The van der Waals surface area contributed by atoms with Gasteiger partial charge in [-0.2, -0.15) is 0 Å². The van der Waals surface area contributed by atoms with Crippen molar-refractivity contribution in [2.24, 2.45) is 17.8 Å². The van der Waals surface area contributed by atoms with Crippen molar-refractivity contribution in [1.82, 2.24) is 20.3 Å². The van der Waals surface area contributed by atoms with Crippen LogP contribution >= 0.6 is 0 Å². The number of aromatic nitrogens is 1. The zero-order valence-corrected chi connectivity index (χ0v) is 24.2. The number of rotatable bonds is 14. The van der Waals surface area contributed by atoms with Gasteiger partial charge in [-0.15, -0.1) is 4.41 Å². The topological polar surface area (TPSA) is 127 Å². The molecule has 40 heavy (non-hydrogen) atoms. The molecule has 2 N–H and O–H groups in total. The van der Waals surface area contributed by atoms with Crippen molar-refractivity contribution in [3.8, 4) is 0 Å². The Hall–Kier alpha value is -3.12. The van der Waals surface area contributed by atoms with Crippen LogP contribution in [0, 0.1) is 17.8 Å². The summed E-state index contributed by atoms with van der Waals surface area (Å²) in [6.45, 7) is 4.31. The molecule has 0 aliphatic carbocycles. The van der Waals surface area contributed by atoms with E-state index in [4.69, 9.17) is 9.57 Å². The summed E-state index contributed by atoms with van der Waals surface area (Å²) in [5.74, 6) is -2.67. The minimum absolute atomic E-state index is 0.0502. The van der Waals surface area contributed by atoms with Gasteiger partial charge in [0.05, 0.1) is 30.3 Å². The molecule has 3 atom stereocenters. The molecule has 1 aromatic carbocycles. The van der Waals surface area contributed by atoms with Gasteiger partial charge in [-0.05, 0) is 49.3 Å². The van der Waals surface area contributed by atoms with E-state index in [0.717, 1.165) is 29.1 Å². The summed E-state index contributed by atoms with van der Waals surface area (Å²) in [5.41, 5.74) is 6.49. The molecule has 0 saturated carbocycles. The highest BCUT2D eigenvalue weighted by atomic mass is 32.2. The molecule has 11 heteroatoms. The third-order valence-corrected chi connectivity index (χ3v) is 7.50. The molecule has 1 fully saturated rings. The van der Waals surface area contributed by atoms with Crippen molar-refractivity contribution < 1.29 is 27.6 Å². The van der Waals surface area contributed by atoms with Gasteiger partial charge in [0.2, 0.25) is 21.8 Å². The predicted octanol–water partition coefficient (Wildman–Crippen LogP) is 3.83. The molecule has 1 aliphatic heterocycles. The van der Waals surface area contributed by atoms with Crippen LogP contribution in [0.15, 0.2) is 60.8 Å². The van der Waals surface area contributed by atoms with Gasteiger partial charge in [-0.25, -0.2) is 18.7 Å². The van der Waals surface area contributed by atoms with Crippen LogP contribution in [0.5, 0.6) is 0 Å². The Morgan fingerprint density at radius 3 is 2.48 bits per heavy atom. The average Bonchev–Trinajstić information content (AvgIpc) is 2.94. The number of hydrogen-bond donors (Lipinski definition) is 2. The fraction of sp³-hybridized carbons (Fsp3) is 0.483. The first-order valence-electron chi connectivity index (χ1n) is 13.6. The second-order valence-corrected chi connectivity index (χ2v) is 12.2. The molecule has 2 heterocycles. The van der Waals surface area contributed by atoms with E-state index in [2.05, 4.69) is 15.9 Å². The molecule has 0 spiro atoms. The molecule has 3 rings (SSSR count). The summed E-state index contributed by atoms with van der Waals surface area (Å²) in [6, 6.07) is 14.8. The fourth-order valence-electron chi connectivity index (χ4n) is 4.42. The average molecular weight is 573 g/mol. The first-order valence-corrected chi connectivity index (χ1v) is 15.4. The van der Waals surface area contributed by atoms with Crippen LogP contribution in [-0.4, -0.2) is 48.8 Å². The summed E-state index contributed by atoms with van der Waals surface area (Å²) < 4.78 is 31.6. The second kappa shape index (κ2) is 15.6. The number of hydrazine groups is 1. The van der Waals surface area contributed by atoms with Crippen LogP contribution in [0.25, 0.3) is 6.08 Å². The maximum Gasteiger partial charge on any atom is 0.247 e. The van der Waals surface area contributed by atoms with Gasteiger partial charge in [-0.3, -0.25) is 20.0 Å². The fourth-order valence-corrected chi connectivity index (χ4v) is 5.04. The van der Waals surface area contributed by atoms with Gasteiger partial charge in [0.15, 0.2) is 6.29 Å². The molecular formula is C29H40N4O6S. The van der Waals surface area contributed by atoms with Crippen molar-refractivity contribution in [2.45, 2.75) is 58.8 Å². The summed E-state index contributed by atoms with van der Waals surface area (Å²) >= 11 is 0. The number of hydrogen-bond acceptors (Lipinski definition) is 7. The first-order chi connectivity index (χ1) is 19.1. The lowest BCUT2D eigenvalue weighted by atomic mass is 9.82. The zero-order valence-electron chi connectivity index (χ0n) is 23.4. The smallest absolute Gasteiger partial charge is 0.247 e. The van der Waals surface area contributed by atoms with Crippen LogP contribution in [0.3, 0.4) is 0 Å². The summed E-state index contributed by atoms with van der Waals surface area (Å²) in [7, 11) is -3.84. The number of hydroxylamine groups is 1. The third kappa shape index (κ3) is 10.5. The van der Waals surface area contributed by atoms with E-state index < -0.39 is 40.0 Å². The molecule has 2 aromatic rings. The van der Waals surface area contributed by atoms with E-state index >= 15 is 0 Å². The molecule has 2 amide bonds. The Bertz CT molecular complexity index is 1200. The number of carbonyl (C=O) groups is 2. The van der Waals surface area contributed by atoms with E-state index in [0.29, 0.717) is 25.1 Å². The van der Waals surface area contributed by atoms with Crippen LogP contribution in [0.1, 0.15) is 57.2 Å². The van der Waals surface area contributed by atoms with Gasteiger partial charge in [0.1, 0.15) is 0 Å².